The zero-order chi connectivity index (χ0) is 27.2. The van der Waals surface area contributed by atoms with E-state index in [1.54, 1.807) is 36.4 Å². The number of halogens is 2. The first-order chi connectivity index (χ1) is 18.3. The molecule has 0 unspecified atom stereocenters. The number of rotatable bonds is 9. The van der Waals surface area contributed by atoms with Crippen molar-refractivity contribution in [1.82, 2.24) is 4.90 Å². The lowest BCUT2D eigenvalue weighted by atomic mass is 10.1. The molecular weight excluding hydrogens is 592 g/mol. The average Bonchev–Trinajstić information content (AvgIpc) is 3.13. The highest BCUT2D eigenvalue weighted by molar-refractivity contribution is 9.10. The molecule has 196 valence electrons. The van der Waals surface area contributed by atoms with Gasteiger partial charge in [-0.15, -0.1) is 0 Å². The number of thiocarbonyl (C=S) groups is 1. The van der Waals surface area contributed by atoms with E-state index in [-0.39, 0.29) is 23.3 Å². The first kappa shape index (κ1) is 27.6. The molecule has 0 atom stereocenters. The lowest BCUT2D eigenvalue weighted by Gasteiger charge is -2.19. The monoisotopic (exact) mass is 614 g/mol. The maximum Gasteiger partial charge on any atom is 0.325 e. The molecule has 1 fully saturated rings. The lowest BCUT2D eigenvalue weighted by Crippen LogP contribution is -2.35. The van der Waals surface area contributed by atoms with Crippen LogP contribution in [0.5, 0.6) is 11.5 Å². The van der Waals surface area contributed by atoms with Crippen molar-refractivity contribution < 1.29 is 23.8 Å². The molecule has 3 aromatic carbocycles. The Morgan fingerprint density at radius 2 is 1.79 bits per heavy atom. The maximum absolute atomic E-state index is 13.6. The van der Waals surface area contributed by atoms with Crippen molar-refractivity contribution in [1.29, 1.82) is 0 Å². The second-order valence-corrected chi connectivity index (χ2v) is 9.78. The van der Waals surface area contributed by atoms with Crippen LogP contribution in [0, 0.1) is 0 Å². The molecule has 0 aliphatic carbocycles. The zero-order valence-electron chi connectivity index (χ0n) is 20.6. The highest BCUT2D eigenvalue weighted by atomic mass is 79.9. The quantitative estimate of drug-likeness (QED) is 0.161. The second-order valence-electron chi connectivity index (χ2n) is 8.13. The van der Waals surface area contributed by atoms with Gasteiger partial charge >= 0.3 is 5.97 Å². The summed E-state index contributed by atoms with van der Waals surface area (Å²) in [4.78, 5) is 28.6. The smallest absolute Gasteiger partial charge is 0.325 e. The van der Waals surface area contributed by atoms with Crippen LogP contribution in [-0.4, -0.2) is 42.2 Å². The van der Waals surface area contributed by atoms with E-state index in [0.717, 1.165) is 5.56 Å². The van der Waals surface area contributed by atoms with Crippen LogP contribution in [0.3, 0.4) is 0 Å². The van der Waals surface area contributed by atoms with Gasteiger partial charge in [0.25, 0.3) is 5.91 Å². The third-order valence-corrected chi connectivity index (χ3v) is 6.84. The van der Waals surface area contributed by atoms with E-state index in [9.17, 15) is 9.59 Å². The van der Waals surface area contributed by atoms with Gasteiger partial charge in [-0.05, 0) is 88.7 Å². The van der Waals surface area contributed by atoms with Gasteiger partial charge < -0.3 is 19.1 Å². The van der Waals surface area contributed by atoms with Crippen LogP contribution in [0.2, 0.25) is 5.02 Å². The minimum absolute atomic E-state index is 0.154. The average molecular weight is 616 g/mol. The molecule has 0 radical (unpaired) electrons. The Morgan fingerprint density at radius 1 is 1.08 bits per heavy atom. The highest BCUT2D eigenvalue weighted by Crippen LogP contribution is 2.39. The highest BCUT2D eigenvalue weighted by Gasteiger charge is 2.40. The molecule has 1 amide bonds. The van der Waals surface area contributed by atoms with Crippen LogP contribution in [0.1, 0.15) is 18.1 Å². The van der Waals surface area contributed by atoms with Gasteiger partial charge in [-0.1, -0.05) is 41.9 Å². The van der Waals surface area contributed by atoms with E-state index in [4.69, 9.17) is 38.0 Å². The van der Waals surface area contributed by atoms with Gasteiger partial charge in [-0.25, -0.2) is 0 Å². The molecular formula is C28H24BrClN2O5S. The number of nitrogens with zero attached hydrogens (tertiary/aromatic N) is 2. The van der Waals surface area contributed by atoms with Crippen LogP contribution in [-0.2, 0) is 20.9 Å². The number of hydrogen-bond donors (Lipinski definition) is 0. The van der Waals surface area contributed by atoms with Gasteiger partial charge in [0.15, 0.2) is 16.6 Å². The third-order valence-electron chi connectivity index (χ3n) is 5.60. The predicted molar refractivity (Wildman–Crippen MR) is 154 cm³/mol. The summed E-state index contributed by atoms with van der Waals surface area (Å²) >= 11 is 15.2. The van der Waals surface area contributed by atoms with E-state index in [1.807, 2.05) is 43.3 Å². The van der Waals surface area contributed by atoms with Crippen molar-refractivity contribution in [3.63, 3.8) is 0 Å². The number of esters is 1. The van der Waals surface area contributed by atoms with E-state index in [2.05, 4.69) is 15.9 Å². The number of amides is 1. The summed E-state index contributed by atoms with van der Waals surface area (Å²) in [6.07, 6.45) is 1.65. The minimum Gasteiger partial charge on any atom is -0.490 e. The first-order valence-corrected chi connectivity index (χ1v) is 13.2. The van der Waals surface area contributed by atoms with Crippen molar-refractivity contribution in [3.05, 3.63) is 93.0 Å². The minimum atomic E-state index is -0.537. The molecule has 3 aromatic rings. The number of ether oxygens (including phenoxy) is 3. The fourth-order valence-corrected chi connectivity index (χ4v) is 4.86. The Balaban J connectivity index is 1.71. The Kier molecular flexibility index (Phi) is 9.04. The summed E-state index contributed by atoms with van der Waals surface area (Å²) in [5, 5.41) is 0.678. The lowest BCUT2D eigenvalue weighted by molar-refractivity contribution is -0.140. The van der Waals surface area contributed by atoms with Crippen molar-refractivity contribution in [2.45, 2.75) is 13.5 Å². The fraction of sp³-hybridized carbons (Fsp3) is 0.179. The summed E-state index contributed by atoms with van der Waals surface area (Å²) in [7, 11) is 1.28. The van der Waals surface area contributed by atoms with E-state index in [0.29, 0.717) is 45.5 Å². The van der Waals surface area contributed by atoms with Gasteiger partial charge in [0.05, 0.1) is 23.9 Å². The van der Waals surface area contributed by atoms with Gasteiger partial charge in [0.1, 0.15) is 18.8 Å². The summed E-state index contributed by atoms with van der Waals surface area (Å²) in [6, 6.07) is 20.1. The normalized spacial score (nSPS) is 14.3. The van der Waals surface area contributed by atoms with Gasteiger partial charge in [-0.2, -0.15) is 0 Å². The fourth-order valence-electron chi connectivity index (χ4n) is 3.81. The van der Waals surface area contributed by atoms with Crippen molar-refractivity contribution >= 4 is 68.5 Å². The molecule has 0 aromatic heterocycles. The molecule has 0 N–H and O–H groups in total. The number of anilines is 1. The van der Waals surface area contributed by atoms with Crippen LogP contribution in [0.4, 0.5) is 5.69 Å². The number of carbonyl (C=O) groups excluding carboxylic acids is 2. The van der Waals surface area contributed by atoms with E-state index >= 15 is 0 Å². The molecule has 4 rings (SSSR count). The van der Waals surface area contributed by atoms with Gasteiger partial charge in [0, 0.05) is 5.02 Å². The SMILES string of the molecule is CCOc1cc(/C=C2/C(=O)N(c3ccc(Cl)cc3)C(=S)N2CC(=O)OC)cc(Br)c1OCc1ccccc1. The largest absolute Gasteiger partial charge is 0.490 e. The Bertz CT molecular complexity index is 1380. The van der Waals surface area contributed by atoms with Crippen molar-refractivity contribution in [2.75, 3.05) is 25.2 Å². The van der Waals surface area contributed by atoms with Crippen molar-refractivity contribution in [2.24, 2.45) is 0 Å². The molecule has 7 nitrogen and oxygen atoms in total. The van der Waals surface area contributed by atoms with E-state index in [1.165, 1.54) is 16.9 Å². The Labute approximate surface area is 239 Å². The van der Waals surface area contributed by atoms with Gasteiger partial charge in [0.2, 0.25) is 0 Å². The molecule has 1 saturated heterocycles. The first-order valence-electron chi connectivity index (χ1n) is 11.7. The molecule has 1 aliphatic heterocycles. The molecule has 1 aliphatic rings. The van der Waals surface area contributed by atoms with Crippen LogP contribution < -0.4 is 14.4 Å². The summed E-state index contributed by atoms with van der Waals surface area (Å²) in [5.41, 5.74) is 2.40. The topological polar surface area (TPSA) is 68.3 Å². The molecule has 0 saturated carbocycles. The predicted octanol–water partition coefficient (Wildman–Crippen LogP) is 6.23. The zero-order valence-corrected chi connectivity index (χ0v) is 23.8. The second kappa shape index (κ2) is 12.4. The van der Waals surface area contributed by atoms with Crippen LogP contribution in [0.15, 0.2) is 76.9 Å². The van der Waals surface area contributed by atoms with Gasteiger partial charge in [-0.3, -0.25) is 14.5 Å². The third kappa shape index (κ3) is 6.18. The molecule has 10 heteroatoms. The maximum atomic E-state index is 13.6. The summed E-state index contributed by atoms with van der Waals surface area (Å²) in [5.74, 6) is 0.122. The van der Waals surface area contributed by atoms with Crippen LogP contribution >= 0.6 is 39.7 Å². The Hall–Kier alpha value is -3.40. The standard InChI is InChI=1S/C28H24BrClN2O5S/c1-3-36-24-15-19(13-22(29)26(24)37-17-18-7-5-4-6-8-18)14-23-27(34)32(21-11-9-20(30)10-12-21)28(38)31(23)16-25(33)35-2/h4-15H,3,16-17H2,1-2H3/b23-14-. The van der Waals surface area contributed by atoms with E-state index < -0.39 is 5.97 Å². The number of carbonyl (C=O) groups is 2. The van der Waals surface area contributed by atoms with Crippen molar-refractivity contribution in [3.8, 4) is 11.5 Å². The molecule has 1 heterocycles. The number of benzene rings is 3. The molecule has 38 heavy (non-hydrogen) atoms. The summed E-state index contributed by atoms with van der Waals surface area (Å²) in [6.45, 7) is 2.42. The van der Waals surface area contributed by atoms with Crippen LogP contribution in [0.25, 0.3) is 6.08 Å². The Morgan fingerprint density at radius 3 is 2.45 bits per heavy atom. The summed E-state index contributed by atoms with van der Waals surface area (Å²) < 4.78 is 17.4. The molecule has 0 spiro atoms. The molecule has 0 bridgehead atoms. The number of hydrogen-bond acceptors (Lipinski definition) is 6. The number of methoxy groups -OCH3 is 1.